The SMILES string of the molecule is NCC#Cc1ccc(F)cc1C(=O)NC1CCC(O)CC1. The number of rotatable bonds is 2. The van der Waals surface area contributed by atoms with Crippen LogP contribution in [0.5, 0.6) is 0 Å². The van der Waals surface area contributed by atoms with Gasteiger partial charge in [0.15, 0.2) is 0 Å². The van der Waals surface area contributed by atoms with Crippen LogP contribution in [-0.4, -0.2) is 29.7 Å². The van der Waals surface area contributed by atoms with E-state index in [1.165, 1.54) is 18.2 Å². The summed E-state index contributed by atoms with van der Waals surface area (Å²) in [5.74, 6) is 4.64. The molecule has 0 radical (unpaired) electrons. The van der Waals surface area contributed by atoms with E-state index in [0.717, 1.165) is 12.8 Å². The van der Waals surface area contributed by atoms with E-state index in [-0.39, 0.29) is 30.2 Å². The van der Waals surface area contributed by atoms with Crippen molar-refractivity contribution in [3.05, 3.63) is 35.1 Å². The first-order valence-corrected chi connectivity index (χ1v) is 7.07. The number of aliphatic hydroxyl groups is 1. The van der Waals surface area contributed by atoms with Crippen LogP contribution >= 0.6 is 0 Å². The van der Waals surface area contributed by atoms with Gasteiger partial charge in [-0.25, -0.2) is 4.39 Å². The fourth-order valence-electron chi connectivity index (χ4n) is 2.44. The Morgan fingerprint density at radius 2 is 2.10 bits per heavy atom. The predicted octanol–water partition coefficient (Wildman–Crippen LogP) is 1.17. The topological polar surface area (TPSA) is 75.4 Å². The summed E-state index contributed by atoms with van der Waals surface area (Å²) in [5, 5.41) is 12.3. The van der Waals surface area contributed by atoms with E-state index in [0.29, 0.717) is 18.4 Å². The monoisotopic (exact) mass is 290 g/mol. The number of hydrogen-bond donors (Lipinski definition) is 3. The molecule has 2 rings (SSSR count). The van der Waals surface area contributed by atoms with E-state index in [1.807, 2.05) is 0 Å². The van der Waals surface area contributed by atoms with E-state index < -0.39 is 5.82 Å². The van der Waals surface area contributed by atoms with Gasteiger partial charge in [-0.1, -0.05) is 11.8 Å². The zero-order chi connectivity index (χ0) is 15.2. The molecule has 1 fully saturated rings. The highest BCUT2D eigenvalue weighted by atomic mass is 19.1. The average Bonchev–Trinajstić information content (AvgIpc) is 2.48. The molecule has 4 nitrogen and oxygen atoms in total. The van der Waals surface area contributed by atoms with Crippen LogP contribution in [0.1, 0.15) is 41.6 Å². The van der Waals surface area contributed by atoms with Crippen LogP contribution in [0.4, 0.5) is 4.39 Å². The number of nitrogens with two attached hydrogens (primary N) is 1. The lowest BCUT2D eigenvalue weighted by atomic mass is 9.93. The van der Waals surface area contributed by atoms with Gasteiger partial charge in [-0.2, -0.15) is 0 Å². The fourth-order valence-corrected chi connectivity index (χ4v) is 2.44. The van der Waals surface area contributed by atoms with Crippen molar-refractivity contribution in [1.82, 2.24) is 5.32 Å². The van der Waals surface area contributed by atoms with Crippen LogP contribution in [0, 0.1) is 17.7 Å². The largest absolute Gasteiger partial charge is 0.393 e. The third-order valence-electron chi connectivity index (χ3n) is 3.58. The van der Waals surface area contributed by atoms with Gasteiger partial charge in [-0.05, 0) is 43.9 Å². The molecule has 0 saturated heterocycles. The normalized spacial score (nSPS) is 21.3. The number of carbonyl (C=O) groups is 1. The van der Waals surface area contributed by atoms with Gasteiger partial charge in [-0.3, -0.25) is 4.79 Å². The Balaban J connectivity index is 2.12. The molecule has 0 spiro atoms. The van der Waals surface area contributed by atoms with Crippen molar-refractivity contribution in [2.24, 2.45) is 5.73 Å². The first-order valence-electron chi connectivity index (χ1n) is 7.07. The highest BCUT2D eigenvalue weighted by Crippen LogP contribution is 2.19. The maximum atomic E-state index is 13.4. The van der Waals surface area contributed by atoms with Crippen molar-refractivity contribution >= 4 is 5.91 Å². The number of carbonyl (C=O) groups excluding carboxylic acids is 1. The van der Waals surface area contributed by atoms with Crippen molar-refractivity contribution in [3.63, 3.8) is 0 Å². The second-order valence-corrected chi connectivity index (χ2v) is 5.17. The lowest BCUT2D eigenvalue weighted by Crippen LogP contribution is -2.38. The third kappa shape index (κ3) is 4.28. The standard InChI is InChI=1S/C16H19FN2O2/c17-12-4-3-11(2-1-9-18)15(10-12)16(21)19-13-5-7-14(20)8-6-13/h3-4,10,13-14,20H,5-9,18H2,(H,19,21). The summed E-state index contributed by atoms with van der Waals surface area (Å²) in [4.78, 5) is 12.3. The van der Waals surface area contributed by atoms with E-state index in [4.69, 9.17) is 5.73 Å². The van der Waals surface area contributed by atoms with Gasteiger partial charge in [0.05, 0.1) is 18.2 Å². The molecule has 0 bridgehead atoms. The molecular formula is C16H19FN2O2. The smallest absolute Gasteiger partial charge is 0.252 e. The van der Waals surface area contributed by atoms with Gasteiger partial charge >= 0.3 is 0 Å². The molecule has 5 heteroatoms. The molecule has 0 atom stereocenters. The van der Waals surface area contributed by atoms with Gasteiger partial charge in [0.2, 0.25) is 0 Å². The van der Waals surface area contributed by atoms with Crippen molar-refractivity contribution in [2.75, 3.05) is 6.54 Å². The zero-order valence-corrected chi connectivity index (χ0v) is 11.7. The lowest BCUT2D eigenvalue weighted by molar-refractivity contribution is 0.0867. The molecule has 0 heterocycles. The molecule has 0 unspecified atom stereocenters. The summed E-state index contributed by atoms with van der Waals surface area (Å²) >= 11 is 0. The van der Waals surface area contributed by atoms with Crippen LogP contribution in [0.25, 0.3) is 0 Å². The molecule has 1 saturated carbocycles. The van der Waals surface area contributed by atoms with Crippen LogP contribution < -0.4 is 11.1 Å². The summed E-state index contributed by atoms with van der Waals surface area (Å²) in [6.07, 6.45) is 2.53. The van der Waals surface area contributed by atoms with E-state index >= 15 is 0 Å². The highest BCUT2D eigenvalue weighted by molar-refractivity contribution is 5.97. The molecule has 0 aromatic heterocycles. The van der Waals surface area contributed by atoms with Crippen molar-refractivity contribution in [2.45, 2.75) is 37.8 Å². The Morgan fingerprint density at radius 3 is 2.76 bits per heavy atom. The van der Waals surface area contributed by atoms with Gasteiger partial charge in [0.1, 0.15) is 5.82 Å². The van der Waals surface area contributed by atoms with E-state index in [1.54, 1.807) is 0 Å². The maximum Gasteiger partial charge on any atom is 0.252 e. The molecular weight excluding hydrogens is 271 g/mol. The van der Waals surface area contributed by atoms with E-state index in [9.17, 15) is 14.3 Å². The van der Waals surface area contributed by atoms with Crippen LogP contribution in [-0.2, 0) is 0 Å². The first-order chi connectivity index (χ1) is 10.1. The Labute approximate surface area is 123 Å². The Kier molecular flexibility index (Phi) is 5.32. The van der Waals surface area contributed by atoms with Gasteiger partial charge < -0.3 is 16.2 Å². The predicted molar refractivity (Wildman–Crippen MR) is 78.1 cm³/mol. The second kappa shape index (κ2) is 7.21. The van der Waals surface area contributed by atoms with Crippen molar-refractivity contribution in [3.8, 4) is 11.8 Å². The highest BCUT2D eigenvalue weighted by Gasteiger charge is 2.22. The first kappa shape index (κ1) is 15.5. The van der Waals surface area contributed by atoms with Gasteiger partial charge in [-0.15, -0.1) is 0 Å². The lowest BCUT2D eigenvalue weighted by Gasteiger charge is -2.26. The molecule has 4 N–H and O–H groups in total. The molecule has 1 aliphatic carbocycles. The molecule has 0 aliphatic heterocycles. The Bertz CT molecular complexity index is 569. The summed E-state index contributed by atoms with van der Waals surface area (Å²) < 4.78 is 13.4. The minimum absolute atomic E-state index is 0.0134. The Morgan fingerprint density at radius 1 is 1.38 bits per heavy atom. The zero-order valence-electron chi connectivity index (χ0n) is 11.7. The molecule has 1 aromatic rings. The quantitative estimate of drug-likeness (QED) is 0.716. The maximum absolute atomic E-state index is 13.4. The number of halogens is 1. The molecule has 112 valence electrons. The number of amides is 1. The van der Waals surface area contributed by atoms with Crippen LogP contribution in [0.3, 0.4) is 0 Å². The van der Waals surface area contributed by atoms with Crippen LogP contribution in [0.15, 0.2) is 18.2 Å². The molecule has 21 heavy (non-hydrogen) atoms. The molecule has 1 aliphatic rings. The van der Waals surface area contributed by atoms with Gasteiger partial charge in [0, 0.05) is 11.6 Å². The number of benzene rings is 1. The summed E-state index contributed by atoms with van der Waals surface area (Å²) in [6, 6.07) is 3.96. The molecule has 1 amide bonds. The fraction of sp³-hybridized carbons (Fsp3) is 0.438. The molecule has 1 aromatic carbocycles. The minimum Gasteiger partial charge on any atom is -0.393 e. The second-order valence-electron chi connectivity index (χ2n) is 5.17. The summed E-state index contributed by atoms with van der Waals surface area (Å²) in [7, 11) is 0. The van der Waals surface area contributed by atoms with Crippen molar-refractivity contribution < 1.29 is 14.3 Å². The van der Waals surface area contributed by atoms with Gasteiger partial charge in [0.25, 0.3) is 5.91 Å². The minimum atomic E-state index is -0.475. The van der Waals surface area contributed by atoms with Crippen molar-refractivity contribution in [1.29, 1.82) is 0 Å². The average molecular weight is 290 g/mol. The van der Waals surface area contributed by atoms with Crippen LogP contribution in [0.2, 0.25) is 0 Å². The third-order valence-corrected chi connectivity index (χ3v) is 3.58. The summed E-state index contributed by atoms with van der Waals surface area (Å²) in [6.45, 7) is 0.180. The number of aliphatic hydroxyl groups excluding tert-OH is 1. The Hall–Kier alpha value is -1.90. The summed E-state index contributed by atoms with van der Waals surface area (Å²) in [5.41, 5.74) is 6.01. The number of nitrogens with one attached hydrogen (secondary N) is 1. The number of hydrogen-bond acceptors (Lipinski definition) is 3. The van der Waals surface area contributed by atoms with E-state index in [2.05, 4.69) is 17.2 Å².